The zero-order chi connectivity index (χ0) is 15.4. The summed E-state index contributed by atoms with van der Waals surface area (Å²) in [6.07, 6.45) is 4.91. The minimum Gasteiger partial charge on any atom is -0.493 e. The number of carbonyl (C=O) groups excluding carboxylic acids is 1. The molecule has 0 unspecified atom stereocenters. The molecule has 0 N–H and O–H groups in total. The van der Waals surface area contributed by atoms with Gasteiger partial charge in [0.25, 0.3) is 0 Å². The van der Waals surface area contributed by atoms with Crippen LogP contribution in [0.5, 0.6) is 11.5 Å². The summed E-state index contributed by atoms with van der Waals surface area (Å²) in [5.41, 5.74) is 0.0854. The van der Waals surface area contributed by atoms with Gasteiger partial charge in [-0.1, -0.05) is 19.3 Å². The summed E-state index contributed by atoms with van der Waals surface area (Å²) in [6.45, 7) is 0. The zero-order valence-corrected chi connectivity index (χ0v) is 12.3. The number of nitrogens with zero attached hydrogens (tertiary/aromatic N) is 1. The van der Waals surface area contributed by atoms with Gasteiger partial charge in [-0.2, -0.15) is 0 Å². The summed E-state index contributed by atoms with van der Waals surface area (Å²) in [5, 5.41) is 11.2. The van der Waals surface area contributed by atoms with Gasteiger partial charge in [0, 0.05) is 17.5 Å². The smallest absolute Gasteiger partial charge is 0.315 e. The maximum absolute atomic E-state index is 12.5. The molecule has 21 heavy (non-hydrogen) atoms. The van der Waals surface area contributed by atoms with E-state index in [1.807, 2.05) is 0 Å². The normalized spacial score (nSPS) is 15.5. The SMILES string of the molecule is COc1cc(C(=O)C2CCCCC2)cc([N+](=O)[O-])c1OC. The summed E-state index contributed by atoms with van der Waals surface area (Å²) in [5.74, 6) is 0.170. The van der Waals surface area contributed by atoms with Gasteiger partial charge in [0.1, 0.15) is 0 Å². The first kappa shape index (κ1) is 15.3. The summed E-state index contributed by atoms with van der Waals surface area (Å²) < 4.78 is 10.2. The largest absolute Gasteiger partial charge is 0.493 e. The third-order valence-electron chi connectivity index (χ3n) is 3.92. The van der Waals surface area contributed by atoms with Crippen molar-refractivity contribution in [3.05, 3.63) is 27.8 Å². The van der Waals surface area contributed by atoms with Gasteiger partial charge in [0.15, 0.2) is 11.5 Å². The van der Waals surface area contributed by atoms with E-state index in [9.17, 15) is 14.9 Å². The molecule has 0 bridgehead atoms. The first-order valence-electron chi connectivity index (χ1n) is 7.03. The second-order valence-corrected chi connectivity index (χ2v) is 5.19. The molecule has 0 heterocycles. The molecule has 1 aromatic rings. The lowest BCUT2D eigenvalue weighted by atomic mass is 9.84. The molecule has 1 saturated carbocycles. The first-order valence-corrected chi connectivity index (χ1v) is 7.03. The number of methoxy groups -OCH3 is 2. The number of carbonyl (C=O) groups is 1. The maximum atomic E-state index is 12.5. The Bertz CT molecular complexity index is 549. The lowest BCUT2D eigenvalue weighted by Gasteiger charge is -2.20. The summed E-state index contributed by atoms with van der Waals surface area (Å²) in [4.78, 5) is 23.1. The molecule has 2 rings (SSSR count). The Labute approximate surface area is 123 Å². The van der Waals surface area contributed by atoms with E-state index < -0.39 is 4.92 Å². The van der Waals surface area contributed by atoms with E-state index in [4.69, 9.17) is 9.47 Å². The summed E-state index contributed by atoms with van der Waals surface area (Å²) >= 11 is 0. The van der Waals surface area contributed by atoms with E-state index in [1.54, 1.807) is 0 Å². The number of ketones is 1. The zero-order valence-electron chi connectivity index (χ0n) is 12.3. The fourth-order valence-corrected chi connectivity index (χ4v) is 2.82. The van der Waals surface area contributed by atoms with E-state index in [2.05, 4.69) is 0 Å². The fraction of sp³-hybridized carbons (Fsp3) is 0.533. The molecule has 1 aliphatic carbocycles. The van der Waals surface area contributed by atoms with Crippen LogP contribution in [0.2, 0.25) is 0 Å². The van der Waals surface area contributed by atoms with Crippen molar-refractivity contribution in [3.63, 3.8) is 0 Å². The number of rotatable bonds is 5. The Morgan fingerprint density at radius 1 is 1.19 bits per heavy atom. The molecule has 6 nitrogen and oxygen atoms in total. The van der Waals surface area contributed by atoms with Crippen LogP contribution in [0, 0.1) is 16.0 Å². The lowest BCUT2D eigenvalue weighted by Crippen LogP contribution is -2.18. The molecule has 114 valence electrons. The number of benzene rings is 1. The third-order valence-corrected chi connectivity index (χ3v) is 3.92. The average molecular weight is 293 g/mol. The number of hydrogen-bond acceptors (Lipinski definition) is 5. The number of Topliss-reactive ketones (excluding diaryl/α,β-unsaturated/α-hetero) is 1. The topological polar surface area (TPSA) is 78.7 Å². The van der Waals surface area contributed by atoms with Gasteiger partial charge in [-0.3, -0.25) is 14.9 Å². The number of nitro benzene ring substituents is 1. The second-order valence-electron chi connectivity index (χ2n) is 5.19. The molecular weight excluding hydrogens is 274 g/mol. The molecule has 1 fully saturated rings. The van der Waals surface area contributed by atoms with Crippen molar-refractivity contribution in [1.82, 2.24) is 0 Å². The Kier molecular flexibility index (Phi) is 4.77. The highest BCUT2D eigenvalue weighted by molar-refractivity contribution is 5.99. The first-order chi connectivity index (χ1) is 10.1. The highest BCUT2D eigenvalue weighted by Gasteiger charge is 2.28. The highest BCUT2D eigenvalue weighted by atomic mass is 16.6. The molecule has 0 amide bonds. The van der Waals surface area contributed by atoms with Crippen molar-refractivity contribution >= 4 is 11.5 Å². The van der Waals surface area contributed by atoms with Gasteiger partial charge in [-0.05, 0) is 18.9 Å². The Morgan fingerprint density at radius 2 is 1.86 bits per heavy atom. The van der Waals surface area contributed by atoms with Crippen molar-refractivity contribution in [2.45, 2.75) is 32.1 Å². The third kappa shape index (κ3) is 3.15. The summed E-state index contributed by atoms with van der Waals surface area (Å²) in [7, 11) is 2.74. The molecule has 1 aromatic carbocycles. The molecule has 0 aliphatic heterocycles. The van der Waals surface area contributed by atoms with Crippen molar-refractivity contribution in [2.75, 3.05) is 14.2 Å². The predicted molar refractivity (Wildman–Crippen MR) is 77.1 cm³/mol. The van der Waals surface area contributed by atoms with Gasteiger partial charge in [-0.15, -0.1) is 0 Å². The minimum atomic E-state index is -0.557. The van der Waals surface area contributed by atoms with Gasteiger partial charge in [0.2, 0.25) is 5.75 Å². The van der Waals surface area contributed by atoms with Crippen LogP contribution in [0.25, 0.3) is 0 Å². The predicted octanol–water partition coefficient (Wildman–Crippen LogP) is 3.38. The van der Waals surface area contributed by atoms with Crippen LogP contribution in [-0.2, 0) is 0 Å². The average Bonchev–Trinajstić information content (AvgIpc) is 2.53. The molecule has 0 atom stereocenters. The van der Waals surface area contributed by atoms with Crippen LogP contribution in [0.1, 0.15) is 42.5 Å². The van der Waals surface area contributed by atoms with Gasteiger partial charge in [-0.25, -0.2) is 0 Å². The number of ether oxygens (including phenoxy) is 2. The van der Waals surface area contributed by atoms with E-state index in [0.717, 1.165) is 32.1 Å². The molecule has 1 aliphatic rings. The van der Waals surface area contributed by atoms with E-state index in [-0.39, 0.29) is 28.9 Å². The quantitative estimate of drug-likeness (QED) is 0.472. The molecule has 0 saturated heterocycles. The van der Waals surface area contributed by atoms with Gasteiger partial charge >= 0.3 is 5.69 Å². The molecule has 6 heteroatoms. The van der Waals surface area contributed by atoms with Gasteiger partial charge in [0.05, 0.1) is 19.1 Å². The molecule has 0 spiro atoms. The van der Waals surface area contributed by atoms with Crippen LogP contribution in [0.15, 0.2) is 12.1 Å². The van der Waals surface area contributed by atoms with Crippen LogP contribution in [-0.4, -0.2) is 24.9 Å². The fourth-order valence-electron chi connectivity index (χ4n) is 2.82. The van der Waals surface area contributed by atoms with E-state index in [0.29, 0.717) is 5.56 Å². The highest BCUT2D eigenvalue weighted by Crippen LogP contribution is 2.39. The number of hydrogen-bond donors (Lipinski definition) is 0. The minimum absolute atomic E-state index is 0.0428. The summed E-state index contributed by atoms with van der Waals surface area (Å²) in [6, 6.07) is 2.82. The monoisotopic (exact) mass is 293 g/mol. The Hall–Kier alpha value is -2.11. The Balaban J connectivity index is 2.41. The van der Waals surface area contributed by atoms with Crippen LogP contribution >= 0.6 is 0 Å². The number of nitro groups is 1. The molecule has 0 aromatic heterocycles. The second kappa shape index (κ2) is 6.56. The van der Waals surface area contributed by atoms with Crippen molar-refractivity contribution < 1.29 is 19.2 Å². The van der Waals surface area contributed by atoms with Crippen molar-refractivity contribution in [1.29, 1.82) is 0 Å². The standard InChI is InChI=1S/C15H19NO5/c1-20-13-9-11(8-12(16(18)19)15(13)21-2)14(17)10-6-4-3-5-7-10/h8-10H,3-7H2,1-2H3. The van der Waals surface area contributed by atoms with Crippen LogP contribution in [0.4, 0.5) is 5.69 Å². The van der Waals surface area contributed by atoms with Crippen molar-refractivity contribution in [2.24, 2.45) is 5.92 Å². The van der Waals surface area contributed by atoms with E-state index in [1.165, 1.54) is 26.4 Å². The van der Waals surface area contributed by atoms with Gasteiger partial charge < -0.3 is 9.47 Å². The molecule has 0 radical (unpaired) electrons. The van der Waals surface area contributed by atoms with E-state index >= 15 is 0 Å². The van der Waals surface area contributed by atoms with Crippen LogP contribution in [0.3, 0.4) is 0 Å². The Morgan fingerprint density at radius 3 is 2.38 bits per heavy atom. The maximum Gasteiger partial charge on any atom is 0.315 e. The van der Waals surface area contributed by atoms with Crippen molar-refractivity contribution in [3.8, 4) is 11.5 Å². The lowest BCUT2D eigenvalue weighted by molar-refractivity contribution is -0.385. The van der Waals surface area contributed by atoms with Crippen LogP contribution < -0.4 is 9.47 Å². The molecular formula is C15H19NO5.